The Kier molecular flexibility index (Phi) is 3.19. The van der Waals surface area contributed by atoms with Crippen LogP contribution >= 0.6 is 0 Å². The molecule has 0 saturated carbocycles. The fourth-order valence-corrected chi connectivity index (χ4v) is 1.01. The smallest absolute Gasteiger partial charge is 0.297 e. The first-order valence-corrected chi connectivity index (χ1v) is 4.65. The maximum Gasteiger partial charge on any atom is 0.329 e. The van der Waals surface area contributed by atoms with E-state index in [4.69, 9.17) is 10.4 Å². The number of aliphatic imine (C=N–C) groups is 1. The number of hydrogen-bond acceptors (Lipinski definition) is 4. The molecule has 0 aromatic heterocycles. The first-order valence-electron chi connectivity index (χ1n) is 3.21. The molecule has 0 atom stereocenters. The summed E-state index contributed by atoms with van der Waals surface area (Å²) in [5.74, 6) is 4.85. The second-order valence-electron chi connectivity index (χ2n) is 3.21. The zero-order valence-corrected chi connectivity index (χ0v) is 8.01. The van der Waals surface area contributed by atoms with Gasteiger partial charge < -0.3 is 0 Å². The van der Waals surface area contributed by atoms with Gasteiger partial charge in [-0.1, -0.05) is 0 Å². The second kappa shape index (κ2) is 3.38. The van der Waals surface area contributed by atoms with Crippen LogP contribution in [0.25, 0.3) is 0 Å². The van der Waals surface area contributed by atoms with Crippen LogP contribution in [0.2, 0.25) is 0 Å². The van der Waals surface area contributed by atoms with Crippen molar-refractivity contribution in [3.05, 3.63) is 0 Å². The number of rotatable bonds is 0. The normalized spacial score (nSPS) is 14.6. The highest BCUT2D eigenvalue weighted by Gasteiger charge is 2.18. The first-order chi connectivity index (χ1) is 5.17. The lowest BCUT2D eigenvalue weighted by Crippen LogP contribution is -2.38. The van der Waals surface area contributed by atoms with Crippen molar-refractivity contribution in [2.45, 2.75) is 26.3 Å². The molecular formula is C5H13N3O3S. The molecule has 0 heterocycles. The maximum absolute atomic E-state index is 10.5. The van der Waals surface area contributed by atoms with E-state index in [-0.39, 0.29) is 0 Å². The van der Waals surface area contributed by atoms with E-state index >= 15 is 0 Å². The minimum absolute atomic E-state index is 0.614. The number of nitrogens with one attached hydrogen (secondary N) is 1. The van der Waals surface area contributed by atoms with Crippen LogP contribution in [-0.4, -0.2) is 23.7 Å². The van der Waals surface area contributed by atoms with Crippen LogP contribution in [0.15, 0.2) is 4.99 Å². The summed E-state index contributed by atoms with van der Waals surface area (Å²) in [6.45, 7) is 5.03. The summed E-state index contributed by atoms with van der Waals surface area (Å²) < 4.78 is 29.6. The van der Waals surface area contributed by atoms with Crippen LogP contribution in [0.1, 0.15) is 20.8 Å². The Labute approximate surface area is 71.6 Å². The topological polar surface area (TPSA) is 105 Å². The van der Waals surface area contributed by atoms with Gasteiger partial charge in [0.1, 0.15) is 0 Å². The Bertz CT molecular complexity index is 275. The molecule has 72 valence electrons. The molecule has 6 nitrogen and oxygen atoms in total. The van der Waals surface area contributed by atoms with Crippen molar-refractivity contribution >= 4 is 15.3 Å². The predicted octanol–water partition coefficient (Wildman–Crippen LogP) is -0.508. The molecule has 0 saturated heterocycles. The van der Waals surface area contributed by atoms with Gasteiger partial charge in [0.2, 0.25) is 0 Å². The van der Waals surface area contributed by atoms with Crippen molar-refractivity contribution in [2.75, 3.05) is 0 Å². The number of nitrogens with zero attached hydrogens (tertiary/aromatic N) is 1. The minimum atomic E-state index is -4.33. The lowest BCUT2D eigenvalue weighted by Gasteiger charge is -2.13. The van der Waals surface area contributed by atoms with Crippen LogP contribution in [-0.2, 0) is 10.1 Å². The van der Waals surface area contributed by atoms with Gasteiger partial charge in [-0.05, 0) is 20.8 Å². The Morgan fingerprint density at radius 3 is 2.00 bits per heavy atom. The predicted molar refractivity (Wildman–Crippen MR) is 46.1 cm³/mol. The van der Waals surface area contributed by atoms with E-state index < -0.39 is 20.8 Å². The molecule has 0 radical (unpaired) electrons. The van der Waals surface area contributed by atoms with Crippen molar-refractivity contribution in [3.8, 4) is 0 Å². The standard InChI is InChI=1S/C5H13N3O3S/c1-5(2,3)7-4(8-6)12(9,10)11/h6H2,1-3H3,(H,7,8)(H,9,10,11). The van der Waals surface area contributed by atoms with Crippen molar-refractivity contribution in [1.29, 1.82) is 0 Å². The average molecular weight is 195 g/mol. The second-order valence-corrected chi connectivity index (χ2v) is 4.54. The summed E-state index contributed by atoms with van der Waals surface area (Å²) in [4.78, 5) is 3.64. The molecule has 0 bridgehead atoms. The minimum Gasteiger partial charge on any atom is -0.297 e. The van der Waals surface area contributed by atoms with E-state index in [9.17, 15) is 8.42 Å². The van der Waals surface area contributed by atoms with Gasteiger partial charge in [-0.2, -0.15) is 8.42 Å². The Morgan fingerprint density at radius 2 is 1.92 bits per heavy atom. The van der Waals surface area contributed by atoms with Gasteiger partial charge in [-0.25, -0.2) is 10.8 Å². The third kappa shape index (κ3) is 4.27. The molecule has 0 fully saturated rings. The largest absolute Gasteiger partial charge is 0.329 e. The summed E-state index contributed by atoms with van der Waals surface area (Å²) in [5.41, 5.74) is 1.20. The number of nitrogens with two attached hydrogens (primary N) is 1. The molecule has 0 rings (SSSR count). The van der Waals surface area contributed by atoms with Crippen LogP contribution in [0, 0.1) is 0 Å². The van der Waals surface area contributed by atoms with E-state index in [0.717, 1.165) is 0 Å². The monoisotopic (exact) mass is 195 g/mol. The van der Waals surface area contributed by atoms with E-state index in [1.54, 1.807) is 20.8 Å². The molecule has 0 aliphatic carbocycles. The summed E-state index contributed by atoms with van der Waals surface area (Å²) in [5, 5.41) is -0.630. The molecule has 7 heteroatoms. The van der Waals surface area contributed by atoms with E-state index in [1.165, 1.54) is 0 Å². The lowest BCUT2D eigenvalue weighted by molar-refractivity contribution is 0.493. The fraction of sp³-hybridized carbons (Fsp3) is 0.800. The number of hydrazine groups is 1. The van der Waals surface area contributed by atoms with Gasteiger partial charge >= 0.3 is 10.1 Å². The van der Waals surface area contributed by atoms with E-state index in [2.05, 4.69) is 4.99 Å². The fourth-order valence-electron chi connectivity index (χ4n) is 0.469. The van der Waals surface area contributed by atoms with Crippen LogP contribution in [0.5, 0.6) is 0 Å². The van der Waals surface area contributed by atoms with Crippen LogP contribution in [0.4, 0.5) is 0 Å². The number of hydrogen-bond donors (Lipinski definition) is 3. The summed E-state index contributed by atoms with van der Waals surface area (Å²) in [6.07, 6.45) is 0. The van der Waals surface area contributed by atoms with Crippen LogP contribution < -0.4 is 11.3 Å². The zero-order chi connectivity index (χ0) is 9.99. The van der Waals surface area contributed by atoms with Gasteiger partial charge in [0.15, 0.2) is 0 Å². The first kappa shape index (κ1) is 11.3. The van der Waals surface area contributed by atoms with Crippen molar-refractivity contribution in [1.82, 2.24) is 5.43 Å². The molecule has 0 aromatic carbocycles. The molecule has 0 spiro atoms. The quantitative estimate of drug-likeness (QED) is 0.159. The summed E-state index contributed by atoms with van der Waals surface area (Å²) in [7, 11) is -4.33. The van der Waals surface area contributed by atoms with Gasteiger partial charge in [-0.3, -0.25) is 9.98 Å². The zero-order valence-electron chi connectivity index (χ0n) is 7.20. The molecule has 4 N–H and O–H groups in total. The summed E-state index contributed by atoms with van der Waals surface area (Å²) in [6, 6.07) is 0. The Balaban J connectivity index is 4.95. The molecule has 0 aliphatic rings. The molecule has 0 aromatic rings. The molecule has 12 heavy (non-hydrogen) atoms. The van der Waals surface area contributed by atoms with Crippen LogP contribution in [0.3, 0.4) is 0 Å². The van der Waals surface area contributed by atoms with Gasteiger partial charge in [-0.15, -0.1) is 0 Å². The third-order valence-electron chi connectivity index (χ3n) is 0.805. The molecule has 0 unspecified atom stereocenters. The highest BCUT2D eigenvalue weighted by molar-refractivity contribution is 8.01. The average Bonchev–Trinajstić information content (AvgIpc) is 1.78. The maximum atomic E-state index is 10.5. The van der Waals surface area contributed by atoms with Crippen molar-refractivity contribution in [2.24, 2.45) is 10.8 Å². The van der Waals surface area contributed by atoms with Crippen molar-refractivity contribution in [3.63, 3.8) is 0 Å². The Morgan fingerprint density at radius 1 is 1.50 bits per heavy atom. The molecule has 0 amide bonds. The van der Waals surface area contributed by atoms with Gasteiger partial charge in [0.05, 0.1) is 5.54 Å². The van der Waals surface area contributed by atoms with E-state index in [0.29, 0.717) is 0 Å². The highest BCUT2D eigenvalue weighted by Crippen LogP contribution is 2.07. The highest BCUT2D eigenvalue weighted by atomic mass is 32.2. The molecular weight excluding hydrogens is 182 g/mol. The van der Waals surface area contributed by atoms with Gasteiger partial charge in [0.25, 0.3) is 5.17 Å². The van der Waals surface area contributed by atoms with Crippen molar-refractivity contribution < 1.29 is 13.0 Å². The molecule has 0 aliphatic heterocycles. The lowest BCUT2D eigenvalue weighted by atomic mass is 10.1. The van der Waals surface area contributed by atoms with Gasteiger partial charge in [0, 0.05) is 0 Å². The number of amidine groups is 1. The summed E-state index contributed by atoms with van der Waals surface area (Å²) >= 11 is 0. The SMILES string of the molecule is CC(C)(C)N=C(NN)S(=O)(=O)O. The third-order valence-corrected chi connectivity index (χ3v) is 1.50. The Hall–Kier alpha value is -0.660. The van der Waals surface area contributed by atoms with E-state index in [1.807, 2.05) is 5.43 Å².